The van der Waals surface area contributed by atoms with Crippen LogP contribution in [0.3, 0.4) is 0 Å². The molecule has 1 aliphatic heterocycles. The molecule has 7 nitrogen and oxygen atoms in total. The van der Waals surface area contributed by atoms with Crippen molar-refractivity contribution in [1.29, 1.82) is 0 Å². The van der Waals surface area contributed by atoms with Gasteiger partial charge in [-0.25, -0.2) is 0 Å². The van der Waals surface area contributed by atoms with Gasteiger partial charge < -0.3 is 24.5 Å². The molecule has 37 heavy (non-hydrogen) atoms. The van der Waals surface area contributed by atoms with E-state index in [1.165, 1.54) is 5.56 Å². The molecule has 1 aromatic carbocycles. The minimum Gasteiger partial charge on any atom is -0.467 e. The van der Waals surface area contributed by atoms with Gasteiger partial charge in [0.2, 0.25) is 5.91 Å². The maximum atomic E-state index is 12.0. The standard InChI is InChI=1S/C29H31N5O2S/c1-5-26(35)31-24-12-11-21(15-18(24)2)34-28(27(32-29(34)37)25-10-6-7-13-30-25)23-16-19(3)33(20(23)4)17-22-9-8-14-36-22/h6-16,27-28H,5,17H2,1-4H3,(H,31,35)(H,32,37). The molecule has 1 amide bonds. The number of nitrogens with one attached hydrogen (secondary N) is 2. The topological polar surface area (TPSA) is 75.3 Å². The first kappa shape index (κ1) is 24.8. The minimum absolute atomic E-state index is 0.00806. The lowest BCUT2D eigenvalue weighted by Gasteiger charge is -2.29. The Hall–Kier alpha value is -3.91. The number of benzene rings is 1. The monoisotopic (exact) mass is 513 g/mol. The van der Waals surface area contributed by atoms with Crippen LogP contribution < -0.4 is 15.5 Å². The summed E-state index contributed by atoms with van der Waals surface area (Å²) in [6.45, 7) is 8.78. The first-order valence-electron chi connectivity index (χ1n) is 12.5. The van der Waals surface area contributed by atoms with Crippen molar-refractivity contribution in [2.24, 2.45) is 0 Å². The van der Waals surface area contributed by atoms with Gasteiger partial charge in [-0.15, -0.1) is 0 Å². The van der Waals surface area contributed by atoms with Gasteiger partial charge in [0.05, 0.1) is 30.6 Å². The molecule has 0 spiro atoms. The summed E-state index contributed by atoms with van der Waals surface area (Å²) in [5, 5.41) is 7.16. The molecule has 0 radical (unpaired) electrons. The average Bonchev–Trinajstić information content (AvgIpc) is 3.60. The molecule has 190 valence electrons. The van der Waals surface area contributed by atoms with E-state index < -0.39 is 0 Å². The number of amides is 1. The summed E-state index contributed by atoms with van der Waals surface area (Å²) < 4.78 is 7.91. The molecule has 1 fully saturated rings. The highest BCUT2D eigenvalue weighted by Crippen LogP contribution is 2.44. The van der Waals surface area contributed by atoms with Gasteiger partial charge >= 0.3 is 0 Å². The van der Waals surface area contributed by atoms with Gasteiger partial charge in [0, 0.05) is 35.4 Å². The Morgan fingerprint density at radius 1 is 1.14 bits per heavy atom. The van der Waals surface area contributed by atoms with Gasteiger partial charge in [0.15, 0.2) is 5.11 Å². The molecule has 0 saturated carbocycles. The average molecular weight is 514 g/mol. The van der Waals surface area contributed by atoms with E-state index in [0.29, 0.717) is 18.1 Å². The maximum Gasteiger partial charge on any atom is 0.224 e. The number of hydrogen-bond donors (Lipinski definition) is 2. The zero-order valence-corrected chi connectivity index (χ0v) is 22.3. The van der Waals surface area contributed by atoms with E-state index in [0.717, 1.165) is 39.8 Å². The number of aryl methyl sites for hydroxylation is 2. The number of carbonyl (C=O) groups is 1. The second kappa shape index (κ2) is 10.2. The van der Waals surface area contributed by atoms with E-state index >= 15 is 0 Å². The Labute approximate surface area is 222 Å². The number of aromatic nitrogens is 2. The van der Waals surface area contributed by atoms with Crippen LogP contribution in [0.1, 0.15) is 59.4 Å². The highest BCUT2D eigenvalue weighted by Gasteiger charge is 2.42. The number of hydrogen-bond acceptors (Lipinski definition) is 4. The van der Waals surface area contributed by atoms with Crippen molar-refractivity contribution in [3.63, 3.8) is 0 Å². The fourth-order valence-electron chi connectivity index (χ4n) is 5.05. The predicted octanol–water partition coefficient (Wildman–Crippen LogP) is 5.98. The quantitative estimate of drug-likeness (QED) is 0.296. The van der Waals surface area contributed by atoms with Crippen LogP contribution in [0.15, 0.2) is 71.5 Å². The van der Waals surface area contributed by atoms with Crippen LogP contribution in [0.5, 0.6) is 0 Å². The number of thiocarbonyl (C=S) groups is 1. The zero-order valence-electron chi connectivity index (χ0n) is 21.5. The van der Waals surface area contributed by atoms with Gasteiger partial charge in [0.25, 0.3) is 0 Å². The predicted molar refractivity (Wildman–Crippen MR) is 150 cm³/mol. The number of pyridine rings is 1. The molecule has 1 aliphatic rings. The van der Waals surface area contributed by atoms with Crippen LogP contribution in [0.4, 0.5) is 11.4 Å². The summed E-state index contributed by atoms with van der Waals surface area (Å²) in [6, 6.07) is 17.9. The first-order valence-corrected chi connectivity index (χ1v) is 12.9. The Morgan fingerprint density at radius 3 is 2.65 bits per heavy atom. The van der Waals surface area contributed by atoms with Crippen molar-refractivity contribution >= 4 is 34.6 Å². The molecule has 0 bridgehead atoms. The molecule has 3 aromatic heterocycles. The fraction of sp³-hybridized carbons (Fsp3) is 0.276. The molecular weight excluding hydrogens is 482 g/mol. The Balaban J connectivity index is 1.59. The van der Waals surface area contributed by atoms with Crippen LogP contribution in [0.2, 0.25) is 0 Å². The van der Waals surface area contributed by atoms with Crippen molar-refractivity contribution in [2.45, 2.75) is 52.7 Å². The summed E-state index contributed by atoms with van der Waals surface area (Å²) >= 11 is 5.91. The number of anilines is 2. The number of nitrogens with zero attached hydrogens (tertiary/aromatic N) is 3. The summed E-state index contributed by atoms with van der Waals surface area (Å²) in [4.78, 5) is 18.8. The summed E-state index contributed by atoms with van der Waals surface area (Å²) in [7, 11) is 0. The van der Waals surface area contributed by atoms with Gasteiger partial charge in [0.1, 0.15) is 5.76 Å². The number of carbonyl (C=O) groups excluding carboxylic acids is 1. The number of rotatable bonds is 7. The SMILES string of the molecule is CCC(=O)Nc1ccc(N2C(=S)NC(c3ccccn3)C2c2cc(C)n(Cc3ccco3)c2C)cc1C. The maximum absolute atomic E-state index is 12.0. The van der Waals surface area contributed by atoms with Crippen molar-refractivity contribution in [2.75, 3.05) is 10.2 Å². The van der Waals surface area contributed by atoms with Crippen molar-refractivity contribution in [3.05, 3.63) is 101 Å². The first-order chi connectivity index (χ1) is 17.9. The fourth-order valence-corrected chi connectivity index (χ4v) is 5.40. The number of furan rings is 1. The van der Waals surface area contributed by atoms with Crippen LogP contribution in [0, 0.1) is 20.8 Å². The third-order valence-corrected chi connectivity index (χ3v) is 7.32. The third-order valence-electron chi connectivity index (χ3n) is 7.01. The summed E-state index contributed by atoms with van der Waals surface area (Å²) in [5.41, 5.74) is 7.15. The van der Waals surface area contributed by atoms with E-state index in [-0.39, 0.29) is 18.0 Å². The lowest BCUT2D eigenvalue weighted by Crippen LogP contribution is -2.29. The molecule has 4 aromatic rings. The zero-order chi connectivity index (χ0) is 26.1. The van der Waals surface area contributed by atoms with Gasteiger partial charge in [-0.05, 0) is 92.6 Å². The highest BCUT2D eigenvalue weighted by molar-refractivity contribution is 7.80. The molecule has 2 N–H and O–H groups in total. The van der Waals surface area contributed by atoms with E-state index in [9.17, 15) is 4.79 Å². The second-order valence-electron chi connectivity index (χ2n) is 9.39. The van der Waals surface area contributed by atoms with Crippen molar-refractivity contribution in [3.8, 4) is 0 Å². The molecular formula is C29H31N5O2S. The van der Waals surface area contributed by atoms with Gasteiger partial charge in [-0.1, -0.05) is 13.0 Å². The Morgan fingerprint density at radius 2 is 1.97 bits per heavy atom. The van der Waals surface area contributed by atoms with Gasteiger partial charge in [-0.2, -0.15) is 0 Å². The van der Waals surface area contributed by atoms with E-state index in [1.54, 1.807) is 6.26 Å². The molecule has 1 saturated heterocycles. The van der Waals surface area contributed by atoms with Crippen molar-refractivity contribution in [1.82, 2.24) is 14.9 Å². The van der Waals surface area contributed by atoms with Crippen LogP contribution >= 0.6 is 12.2 Å². The lowest BCUT2D eigenvalue weighted by atomic mass is 9.96. The third kappa shape index (κ3) is 4.76. The normalized spacial score (nSPS) is 17.2. The minimum atomic E-state index is -0.133. The largest absolute Gasteiger partial charge is 0.467 e. The summed E-state index contributed by atoms with van der Waals surface area (Å²) in [6.07, 6.45) is 3.95. The van der Waals surface area contributed by atoms with Gasteiger partial charge in [-0.3, -0.25) is 9.78 Å². The highest BCUT2D eigenvalue weighted by atomic mass is 32.1. The Kier molecular flexibility index (Phi) is 6.84. The molecule has 2 unspecified atom stereocenters. The summed E-state index contributed by atoms with van der Waals surface area (Å²) in [5.74, 6) is 0.901. The molecule has 2 atom stereocenters. The van der Waals surface area contributed by atoms with Crippen LogP contribution in [0.25, 0.3) is 0 Å². The second-order valence-corrected chi connectivity index (χ2v) is 9.78. The van der Waals surface area contributed by atoms with Crippen molar-refractivity contribution < 1.29 is 9.21 Å². The molecule has 5 rings (SSSR count). The molecule has 0 aliphatic carbocycles. The van der Waals surface area contributed by atoms with E-state index in [4.69, 9.17) is 16.6 Å². The van der Waals surface area contributed by atoms with E-state index in [1.807, 2.05) is 62.5 Å². The lowest BCUT2D eigenvalue weighted by molar-refractivity contribution is -0.115. The van der Waals surface area contributed by atoms with Crippen LogP contribution in [-0.4, -0.2) is 20.6 Å². The van der Waals surface area contributed by atoms with E-state index in [2.05, 4.69) is 51.1 Å². The smallest absolute Gasteiger partial charge is 0.224 e. The molecule has 8 heteroatoms. The molecule has 4 heterocycles. The Bertz CT molecular complexity index is 1430. The van der Waals surface area contributed by atoms with Crippen LogP contribution in [-0.2, 0) is 11.3 Å².